The molecule has 0 saturated carbocycles. The van der Waals surface area contributed by atoms with Gasteiger partial charge in [-0.15, -0.1) is 11.6 Å². The first-order valence-electron chi connectivity index (χ1n) is 4.15. The molecule has 1 rings (SSSR count). The molecule has 0 saturated heterocycles. The van der Waals surface area contributed by atoms with Crippen LogP contribution in [-0.2, 0) is 0 Å². The molecule has 2 N–H and O–H groups in total. The average molecular weight is 194 g/mol. The van der Waals surface area contributed by atoms with Gasteiger partial charge in [0.05, 0.1) is 0 Å². The number of hydrogen-bond donors (Lipinski definition) is 1. The Labute approximate surface area is 83.9 Å². The van der Waals surface area contributed by atoms with E-state index >= 15 is 0 Å². The van der Waals surface area contributed by atoms with Gasteiger partial charge in [0.2, 0.25) is 0 Å². The van der Waals surface area contributed by atoms with Gasteiger partial charge in [-0.25, -0.2) is 0 Å². The fourth-order valence-electron chi connectivity index (χ4n) is 1.00. The predicted molar refractivity (Wildman–Crippen MR) is 57.8 cm³/mol. The van der Waals surface area contributed by atoms with E-state index in [-0.39, 0.29) is 0 Å². The van der Waals surface area contributed by atoms with Crippen molar-refractivity contribution in [2.75, 3.05) is 11.6 Å². The van der Waals surface area contributed by atoms with Gasteiger partial charge in [0.25, 0.3) is 0 Å². The third-order valence-corrected chi connectivity index (χ3v) is 1.84. The van der Waals surface area contributed by atoms with E-state index in [9.17, 15) is 0 Å². The highest BCUT2D eigenvalue weighted by molar-refractivity contribution is 6.18. The topological polar surface area (TPSA) is 26.0 Å². The largest absolute Gasteiger partial charge is 0.398 e. The van der Waals surface area contributed by atoms with Gasteiger partial charge in [-0.2, -0.15) is 0 Å². The van der Waals surface area contributed by atoms with E-state index in [2.05, 4.69) is 11.8 Å². The van der Waals surface area contributed by atoms with Crippen molar-refractivity contribution in [2.45, 2.75) is 13.3 Å². The number of hydrogen-bond acceptors (Lipinski definition) is 1. The van der Waals surface area contributed by atoms with E-state index in [1.54, 1.807) is 0 Å². The van der Waals surface area contributed by atoms with E-state index in [1.165, 1.54) is 0 Å². The normalized spacial score (nSPS) is 9.08. The SMILES string of the molecule is Cc1ccc(C#CCCCl)c(N)c1. The molecule has 0 bridgehead atoms. The van der Waals surface area contributed by atoms with Gasteiger partial charge >= 0.3 is 0 Å². The van der Waals surface area contributed by atoms with Gasteiger partial charge in [-0.3, -0.25) is 0 Å². The van der Waals surface area contributed by atoms with E-state index in [4.69, 9.17) is 17.3 Å². The van der Waals surface area contributed by atoms with Crippen molar-refractivity contribution >= 4 is 17.3 Å². The Hall–Kier alpha value is -1.13. The highest BCUT2D eigenvalue weighted by atomic mass is 35.5. The van der Waals surface area contributed by atoms with Crippen LogP contribution in [0, 0.1) is 18.8 Å². The Morgan fingerprint density at radius 1 is 1.46 bits per heavy atom. The molecule has 1 aromatic carbocycles. The fourth-order valence-corrected chi connectivity index (χ4v) is 1.10. The van der Waals surface area contributed by atoms with Crippen LogP contribution < -0.4 is 5.73 Å². The summed E-state index contributed by atoms with van der Waals surface area (Å²) in [4.78, 5) is 0. The molecule has 0 amide bonds. The summed E-state index contributed by atoms with van der Waals surface area (Å²) in [6.45, 7) is 2.01. The summed E-state index contributed by atoms with van der Waals surface area (Å²) in [5.74, 6) is 6.50. The van der Waals surface area contributed by atoms with Crippen LogP contribution in [0.5, 0.6) is 0 Å². The van der Waals surface area contributed by atoms with Crippen LogP contribution in [0.3, 0.4) is 0 Å². The Morgan fingerprint density at radius 3 is 2.85 bits per heavy atom. The van der Waals surface area contributed by atoms with E-state index in [0.717, 1.165) is 16.8 Å². The van der Waals surface area contributed by atoms with Crippen molar-refractivity contribution in [2.24, 2.45) is 0 Å². The molecule has 0 radical (unpaired) electrons. The molecular weight excluding hydrogens is 182 g/mol. The summed E-state index contributed by atoms with van der Waals surface area (Å²) >= 11 is 5.50. The lowest BCUT2D eigenvalue weighted by molar-refractivity contribution is 1.29. The molecule has 1 aromatic rings. The van der Waals surface area contributed by atoms with Gasteiger partial charge < -0.3 is 5.73 Å². The van der Waals surface area contributed by atoms with Gasteiger partial charge in [-0.05, 0) is 24.6 Å². The van der Waals surface area contributed by atoms with Crippen LogP contribution in [0.15, 0.2) is 18.2 Å². The first-order chi connectivity index (χ1) is 6.24. The number of halogens is 1. The Kier molecular flexibility index (Phi) is 3.67. The molecular formula is C11H12ClN. The van der Waals surface area contributed by atoms with Crippen LogP contribution in [-0.4, -0.2) is 5.88 Å². The Bertz CT molecular complexity index is 347. The Balaban J connectivity index is 2.85. The third-order valence-electron chi connectivity index (χ3n) is 1.65. The van der Waals surface area contributed by atoms with Crippen molar-refractivity contribution in [1.82, 2.24) is 0 Å². The zero-order valence-corrected chi connectivity index (χ0v) is 8.36. The zero-order chi connectivity index (χ0) is 9.68. The number of anilines is 1. The first-order valence-corrected chi connectivity index (χ1v) is 4.68. The standard InChI is InChI=1S/C11H12ClN/c1-9-5-6-10(11(13)8-9)4-2-3-7-12/h5-6,8H,3,7,13H2,1H3. The van der Waals surface area contributed by atoms with Gasteiger partial charge in [0.15, 0.2) is 0 Å². The minimum absolute atomic E-state index is 0.568. The number of alkyl halides is 1. The summed E-state index contributed by atoms with van der Waals surface area (Å²) in [7, 11) is 0. The molecule has 0 spiro atoms. The Morgan fingerprint density at radius 2 is 2.23 bits per heavy atom. The molecule has 13 heavy (non-hydrogen) atoms. The smallest absolute Gasteiger partial charge is 0.0475 e. The monoisotopic (exact) mass is 193 g/mol. The van der Waals surface area contributed by atoms with Crippen LogP contribution in [0.25, 0.3) is 0 Å². The quantitative estimate of drug-likeness (QED) is 0.414. The maximum Gasteiger partial charge on any atom is 0.0475 e. The van der Waals surface area contributed by atoms with E-state index < -0.39 is 0 Å². The third kappa shape index (κ3) is 3.01. The zero-order valence-electron chi connectivity index (χ0n) is 7.60. The second-order valence-corrected chi connectivity index (χ2v) is 3.21. The highest BCUT2D eigenvalue weighted by Crippen LogP contribution is 2.11. The summed E-state index contributed by atoms with van der Waals surface area (Å²) in [6, 6.07) is 5.86. The highest BCUT2D eigenvalue weighted by Gasteiger charge is 1.93. The minimum Gasteiger partial charge on any atom is -0.398 e. The minimum atomic E-state index is 0.568. The second kappa shape index (κ2) is 4.79. The predicted octanol–water partition coefficient (Wildman–Crippen LogP) is 2.56. The van der Waals surface area contributed by atoms with Crippen molar-refractivity contribution < 1.29 is 0 Å². The first kappa shape index (κ1) is 9.95. The number of benzene rings is 1. The lowest BCUT2D eigenvalue weighted by atomic mass is 10.1. The lowest BCUT2D eigenvalue weighted by Crippen LogP contribution is -1.90. The number of nitrogens with two attached hydrogens (primary N) is 1. The maximum absolute atomic E-state index is 5.77. The molecule has 68 valence electrons. The number of nitrogen functional groups attached to an aromatic ring is 1. The molecule has 0 atom stereocenters. The van der Waals surface area contributed by atoms with Crippen molar-refractivity contribution in [3.05, 3.63) is 29.3 Å². The fraction of sp³-hybridized carbons (Fsp3) is 0.273. The van der Waals surface area contributed by atoms with Crippen LogP contribution in [0.2, 0.25) is 0 Å². The van der Waals surface area contributed by atoms with Crippen molar-refractivity contribution in [3.63, 3.8) is 0 Å². The molecule has 0 aliphatic carbocycles. The molecule has 0 aliphatic heterocycles. The molecule has 0 unspecified atom stereocenters. The number of aryl methyl sites for hydroxylation is 1. The molecule has 0 fully saturated rings. The van der Waals surface area contributed by atoms with Crippen LogP contribution >= 0.6 is 11.6 Å². The average Bonchev–Trinajstić information content (AvgIpc) is 2.09. The van der Waals surface area contributed by atoms with Crippen LogP contribution in [0.1, 0.15) is 17.5 Å². The summed E-state index contributed by atoms with van der Waals surface area (Å²) in [5.41, 5.74) is 8.54. The van der Waals surface area contributed by atoms with E-state index in [0.29, 0.717) is 12.3 Å². The summed E-state index contributed by atoms with van der Waals surface area (Å²) in [6.07, 6.45) is 0.703. The number of rotatable bonds is 1. The van der Waals surface area contributed by atoms with Crippen molar-refractivity contribution in [1.29, 1.82) is 0 Å². The molecule has 0 aromatic heterocycles. The van der Waals surface area contributed by atoms with Crippen LogP contribution in [0.4, 0.5) is 5.69 Å². The lowest BCUT2D eigenvalue weighted by Gasteiger charge is -1.98. The molecule has 0 heterocycles. The van der Waals surface area contributed by atoms with Crippen molar-refractivity contribution in [3.8, 4) is 11.8 Å². The van der Waals surface area contributed by atoms with Gasteiger partial charge in [0.1, 0.15) is 0 Å². The maximum atomic E-state index is 5.77. The molecule has 1 nitrogen and oxygen atoms in total. The van der Waals surface area contributed by atoms with Gasteiger partial charge in [-0.1, -0.05) is 17.9 Å². The van der Waals surface area contributed by atoms with E-state index in [1.807, 2.05) is 25.1 Å². The summed E-state index contributed by atoms with van der Waals surface area (Å²) in [5, 5.41) is 0. The van der Waals surface area contributed by atoms with Gasteiger partial charge in [0, 0.05) is 23.6 Å². The molecule has 0 aliphatic rings. The second-order valence-electron chi connectivity index (χ2n) is 2.83. The molecule has 2 heteroatoms. The summed E-state index contributed by atoms with van der Waals surface area (Å²) < 4.78 is 0.